The lowest BCUT2D eigenvalue weighted by Gasteiger charge is -2.49. The number of amides is 1. The van der Waals surface area contributed by atoms with E-state index in [-0.39, 0.29) is 23.3 Å². The smallest absolute Gasteiger partial charge is 0.253 e. The van der Waals surface area contributed by atoms with Crippen LogP contribution in [0.15, 0.2) is 48.5 Å². The molecule has 0 radical (unpaired) electrons. The first-order valence-electron chi connectivity index (χ1n) is 11.0. The SMILES string of the molecule is COc1ccc(CN2C(=O)C3C(c4ccccc4CC34CCCC4)n3nnnc32)cc1. The van der Waals surface area contributed by atoms with Crippen molar-refractivity contribution in [2.24, 2.45) is 11.3 Å². The highest BCUT2D eigenvalue weighted by molar-refractivity contribution is 5.96. The Hall–Kier alpha value is -3.22. The third-order valence-electron chi connectivity index (χ3n) is 7.50. The van der Waals surface area contributed by atoms with Gasteiger partial charge in [-0.15, -0.1) is 0 Å². The van der Waals surface area contributed by atoms with E-state index in [1.807, 2.05) is 28.9 Å². The van der Waals surface area contributed by atoms with E-state index in [1.165, 1.54) is 24.0 Å². The van der Waals surface area contributed by atoms with E-state index < -0.39 is 0 Å². The van der Waals surface area contributed by atoms with Gasteiger partial charge in [0.25, 0.3) is 5.95 Å². The van der Waals surface area contributed by atoms with Crippen molar-refractivity contribution in [3.05, 3.63) is 65.2 Å². The number of methoxy groups -OCH3 is 1. The van der Waals surface area contributed by atoms with Crippen molar-refractivity contribution in [1.82, 2.24) is 20.2 Å². The number of fused-ring (bicyclic) bond motifs is 6. The fraction of sp³-hybridized carbons (Fsp3) is 0.417. The number of ether oxygens (including phenoxy) is 1. The lowest BCUT2D eigenvalue weighted by Crippen LogP contribution is -2.55. The highest BCUT2D eigenvalue weighted by Crippen LogP contribution is 2.58. The lowest BCUT2D eigenvalue weighted by atomic mass is 9.60. The third kappa shape index (κ3) is 2.72. The molecule has 1 fully saturated rings. The number of carbonyl (C=O) groups excluding carboxylic acids is 1. The van der Waals surface area contributed by atoms with Crippen molar-refractivity contribution in [2.75, 3.05) is 12.0 Å². The summed E-state index contributed by atoms with van der Waals surface area (Å²) in [6.45, 7) is 0.449. The molecule has 3 aliphatic rings. The molecule has 7 heteroatoms. The minimum atomic E-state index is -0.140. The summed E-state index contributed by atoms with van der Waals surface area (Å²) in [6.07, 6.45) is 5.49. The van der Waals surface area contributed by atoms with Crippen LogP contribution in [-0.2, 0) is 17.8 Å². The van der Waals surface area contributed by atoms with Gasteiger partial charge in [0.2, 0.25) is 5.91 Å². The summed E-state index contributed by atoms with van der Waals surface area (Å²) >= 11 is 0. The van der Waals surface area contributed by atoms with E-state index in [0.29, 0.717) is 12.5 Å². The maximum Gasteiger partial charge on any atom is 0.253 e. The van der Waals surface area contributed by atoms with E-state index in [0.717, 1.165) is 30.6 Å². The molecule has 0 bridgehead atoms. The van der Waals surface area contributed by atoms with Gasteiger partial charge in [0.05, 0.1) is 25.6 Å². The molecule has 3 aromatic rings. The minimum Gasteiger partial charge on any atom is -0.497 e. The molecule has 2 unspecified atom stereocenters. The molecule has 2 aliphatic carbocycles. The van der Waals surface area contributed by atoms with E-state index in [2.05, 4.69) is 39.8 Å². The van der Waals surface area contributed by atoms with Gasteiger partial charge in [0.1, 0.15) is 5.75 Å². The number of rotatable bonds is 3. The third-order valence-corrected chi connectivity index (χ3v) is 7.50. The van der Waals surface area contributed by atoms with Gasteiger partial charge in [-0.2, -0.15) is 0 Å². The van der Waals surface area contributed by atoms with E-state index in [4.69, 9.17) is 4.74 Å². The summed E-state index contributed by atoms with van der Waals surface area (Å²) in [5.41, 5.74) is 3.54. The summed E-state index contributed by atoms with van der Waals surface area (Å²) in [6, 6.07) is 16.2. The molecule has 158 valence electrons. The summed E-state index contributed by atoms with van der Waals surface area (Å²) in [7, 11) is 1.65. The van der Waals surface area contributed by atoms with Crippen LogP contribution >= 0.6 is 0 Å². The van der Waals surface area contributed by atoms with Crippen molar-refractivity contribution < 1.29 is 9.53 Å². The summed E-state index contributed by atoms with van der Waals surface area (Å²) < 4.78 is 7.17. The molecular formula is C24H25N5O2. The number of hydrogen-bond donors (Lipinski definition) is 0. The van der Waals surface area contributed by atoms with Crippen LogP contribution in [0.3, 0.4) is 0 Å². The Morgan fingerprint density at radius 3 is 2.65 bits per heavy atom. The number of aromatic nitrogens is 4. The zero-order valence-corrected chi connectivity index (χ0v) is 17.6. The van der Waals surface area contributed by atoms with Crippen LogP contribution in [0.2, 0.25) is 0 Å². The van der Waals surface area contributed by atoms with Crippen molar-refractivity contribution in [2.45, 2.75) is 44.7 Å². The number of hydrogen-bond acceptors (Lipinski definition) is 5. The number of benzene rings is 2. The van der Waals surface area contributed by atoms with Crippen molar-refractivity contribution in [3.63, 3.8) is 0 Å². The fourth-order valence-corrected chi connectivity index (χ4v) is 6.10. The van der Waals surface area contributed by atoms with Gasteiger partial charge in [0, 0.05) is 0 Å². The first kappa shape index (κ1) is 18.5. The summed E-state index contributed by atoms with van der Waals surface area (Å²) in [5.74, 6) is 1.35. The maximum atomic E-state index is 14.1. The molecule has 1 aromatic heterocycles. The molecule has 1 saturated carbocycles. The normalized spacial score (nSPS) is 23.4. The second-order valence-corrected chi connectivity index (χ2v) is 9.06. The number of carbonyl (C=O) groups is 1. The van der Waals surface area contributed by atoms with Crippen molar-refractivity contribution in [1.29, 1.82) is 0 Å². The second kappa shape index (κ2) is 6.90. The Bertz CT molecular complexity index is 1130. The van der Waals surface area contributed by atoms with Crippen LogP contribution in [0.5, 0.6) is 5.75 Å². The van der Waals surface area contributed by atoms with Gasteiger partial charge in [0.15, 0.2) is 0 Å². The molecule has 0 N–H and O–H groups in total. The van der Waals surface area contributed by atoms with Gasteiger partial charge < -0.3 is 4.74 Å². The van der Waals surface area contributed by atoms with Crippen molar-refractivity contribution >= 4 is 11.9 Å². The maximum absolute atomic E-state index is 14.1. The fourth-order valence-electron chi connectivity index (χ4n) is 6.10. The molecule has 7 nitrogen and oxygen atoms in total. The molecule has 1 spiro atoms. The van der Waals surface area contributed by atoms with Gasteiger partial charge in [-0.05, 0) is 63.9 Å². The molecule has 1 aliphatic heterocycles. The van der Waals surface area contributed by atoms with E-state index in [1.54, 1.807) is 12.0 Å². The Morgan fingerprint density at radius 2 is 1.87 bits per heavy atom. The molecule has 2 heterocycles. The highest BCUT2D eigenvalue weighted by Gasteiger charge is 2.57. The Labute approximate surface area is 181 Å². The molecule has 2 aromatic carbocycles. The minimum absolute atomic E-state index is 0.0160. The van der Waals surface area contributed by atoms with E-state index in [9.17, 15) is 4.79 Å². The van der Waals surface area contributed by atoms with Crippen molar-refractivity contribution in [3.8, 4) is 5.75 Å². The predicted molar refractivity (Wildman–Crippen MR) is 115 cm³/mol. The molecule has 1 amide bonds. The molecular weight excluding hydrogens is 390 g/mol. The van der Waals surface area contributed by atoms with E-state index >= 15 is 0 Å². The van der Waals surface area contributed by atoms with Gasteiger partial charge in [-0.1, -0.05) is 54.3 Å². The van der Waals surface area contributed by atoms with Crippen LogP contribution in [-0.4, -0.2) is 33.2 Å². The van der Waals surface area contributed by atoms with Crippen LogP contribution in [0.25, 0.3) is 0 Å². The van der Waals surface area contributed by atoms with Gasteiger partial charge in [-0.25, -0.2) is 4.68 Å². The topological polar surface area (TPSA) is 73.1 Å². The zero-order chi connectivity index (χ0) is 21.0. The lowest BCUT2D eigenvalue weighted by molar-refractivity contribution is -0.130. The average molecular weight is 415 g/mol. The average Bonchev–Trinajstić information content (AvgIpc) is 3.47. The molecule has 6 rings (SSSR count). The highest BCUT2D eigenvalue weighted by atomic mass is 16.5. The zero-order valence-electron chi connectivity index (χ0n) is 17.6. The Morgan fingerprint density at radius 1 is 1.10 bits per heavy atom. The quantitative estimate of drug-likeness (QED) is 0.654. The van der Waals surface area contributed by atoms with Crippen LogP contribution in [0.4, 0.5) is 5.95 Å². The molecule has 2 atom stereocenters. The predicted octanol–water partition coefficient (Wildman–Crippen LogP) is 3.55. The first-order chi connectivity index (χ1) is 15.2. The first-order valence-corrected chi connectivity index (χ1v) is 11.0. The monoisotopic (exact) mass is 415 g/mol. The second-order valence-electron chi connectivity index (χ2n) is 9.06. The number of anilines is 1. The van der Waals surface area contributed by atoms with Gasteiger partial charge in [-0.3, -0.25) is 9.69 Å². The summed E-state index contributed by atoms with van der Waals surface area (Å²) in [5, 5.41) is 12.7. The standard InChI is InChI=1S/C24H25N5O2/c1-31-18-10-8-16(9-11-18)15-28-22(30)20-21(29-23(28)25-26-27-29)19-7-3-2-6-17(19)14-24(20)12-4-5-13-24/h2-3,6-11,20-21H,4-5,12-15H2,1H3. The Kier molecular flexibility index (Phi) is 4.13. The molecule has 31 heavy (non-hydrogen) atoms. The Balaban J connectivity index is 1.47. The summed E-state index contributed by atoms with van der Waals surface area (Å²) in [4.78, 5) is 15.9. The van der Waals surface area contributed by atoms with Gasteiger partial charge >= 0.3 is 0 Å². The number of tetrazole rings is 1. The largest absolute Gasteiger partial charge is 0.497 e. The molecule has 0 saturated heterocycles. The van der Waals surface area contributed by atoms with Crippen LogP contribution in [0, 0.1) is 11.3 Å². The number of nitrogens with zero attached hydrogens (tertiary/aromatic N) is 5. The van der Waals surface area contributed by atoms with Crippen LogP contribution in [0.1, 0.15) is 48.4 Å². The van der Waals surface area contributed by atoms with Crippen LogP contribution < -0.4 is 9.64 Å².